The van der Waals surface area contributed by atoms with Gasteiger partial charge in [0.15, 0.2) is 0 Å². The molecule has 0 bridgehead atoms. The minimum absolute atomic E-state index is 0.293. The van der Waals surface area contributed by atoms with Crippen molar-refractivity contribution < 1.29 is 4.79 Å². The molecule has 1 amide bonds. The summed E-state index contributed by atoms with van der Waals surface area (Å²) in [6.45, 7) is 0. The molecule has 0 aliphatic rings. The molecule has 0 saturated carbocycles. The van der Waals surface area contributed by atoms with Crippen LogP contribution in [0.25, 0.3) is 27.5 Å². The Morgan fingerprint density at radius 2 is 1.30 bits per heavy atom. The van der Waals surface area contributed by atoms with Gasteiger partial charge in [-0.15, -0.1) is 0 Å². The summed E-state index contributed by atoms with van der Waals surface area (Å²) in [4.78, 5) is 11.6. The maximum absolute atomic E-state index is 11.6. The molecule has 0 fully saturated rings. The molecule has 0 radical (unpaired) electrons. The standard InChI is InChI=1S/C19H15N3O/c20-21-19(23)13-9-11-14(12-10-13)22-17-7-3-1-5-15(17)16-6-2-4-8-18(16)22/h1-12H,20H2,(H,21,23). The molecule has 0 aliphatic carbocycles. The molecule has 0 atom stereocenters. The van der Waals surface area contributed by atoms with Crippen LogP contribution in [0.3, 0.4) is 0 Å². The molecule has 1 heterocycles. The lowest BCUT2D eigenvalue weighted by Gasteiger charge is -2.08. The predicted molar refractivity (Wildman–Crippen MR) is 92.4 cm³/mol. The summed E-state index contributed by atoms with van der Waals surface area (Å²) in [6.07, 6.45) is 0. The van der Waals surface area contributed by atoms with Crippen LogP contribution >= 0.6 is 0 Å². The van der Waals surface area contributed by atoms with Crippen molar-refractivity contribution in [1.29, 1.82) is 0 Å². The second kappa shape index (κ2) is 5.26. The molecule has 4 nitrogen and oxygen atoms in total. The molecule has 3 aromatic carbocycles. The van der Waals surface area contributed by atoms with Crippen molar-refractivity contribution in [2.24, 2.45) is 5.84 Å². The number of para-hydroxylation sites is 2. The summed E-state index contributed by atoms with van der Waals surface area (Å²) in [5.41, 5.74) is 5.98. The van der Waals surface area contributed by atoms with Gasteiger partial charge in [0.2, 0.25) is 0 Å². The number of nitrogen functional groups attached to an aromatic ring is 1. The fraction of sp³-hybridized carbons (Fsp3) is 0. The molecule has 23 heavy (non-hydrogen) atoms. The lowest BCUT2D eigenvalue weighted by molar-refractivity contribution is 0.0953. The Morgan fingerprint density at radius 1 is 0.783 bits per heavy atom. The number of aromatic nitrogens is 1. The Bertz CT molecular complexity index is 963. The zero-order valence-electron chi connectivity index (χ0n) is 12.4. The summed E-state index contributed by atoms with van der Waals surface area (Å²) < 4.78 is 2.20. The van der Waals surface area contributed by atoms with Gasteiger partial charge in [-0.2, -0.15) is 0 Å². The Kier molecular flexibility index (Phi) is 3.10. The van der Waals surface area contributed by atoms with Gasteiger partial charge in [-0.05, 0) is 36.4 Å². The van der Waals surface area contributed by atoms with Gasteiger partial charge in [-0.1, -0.05) is 36.4 Å². The highest BCUT2D eigenvalue weighted by Crippen LogP contribution is 2.31. The lowest BCUT2D eigenvalue weighted by atomic mass is 10.2. The van der Waals surface area contributed by atoms with E-state index in [-0.39, 0.29) is 5.91 Å². The molecule has 4 aromatic rings. The van der Waals surface area contributed by atoms with E-state index in [0.29, 0.717) is 5.56 Å². The second-order valence-electron chi connectivity index (χ2n) is 5.39. The van der Waals surface area contributed by atoms with Crippen molar-refractivity contribution in [1.82, 2.24) is 9.99 Å². The number of nitrogens with one attached hydrogen (secondary N) is 1. The molecule has 1 aromatic heterocycles. The van der Waals surface area contributed by atoms with E-state index in [1.54, 1.807) is 12.1 Å². The van der Waals surface area contributed by atoms with Crippen LogP contribution in [0.5, 0.6) is 0 Å². The number of hydrogen-bond donors (Lipinski definition) is 2. The Morgan fingerprint density at radius 3 is 1.83 bits per heavy atom. The number of fused-ring (bicyclic) bond motifs is 3. The minimum Gasteiger partial charge on any atom is -0.309 e. The van der Waals surface area contributed by atoms with Crippen molar-refractivity contribution in [3.05, 3.63) is 78.4 Å². The fourth-order valence-electron chi connectivity index (χ4n) is 3.05. The van der Waals surface area contributed by atoms with Gasteiger partial charge < -0.3 is 4.57 Å². The third-order valence-corrected chi connectivity index (χ3v) is 4.10. The van der Waals surface area contributed by atoms with Crippen LogP contribution in [0.1, 0.15) is 10.4 Å². The van der Waals surface area contributed by atoms with E-state index < -0.39 is 0 Å². The first-order valence-corrected chi connectivity index (χ1v) is 7.39. The van der Waals surface area contributed by atoms with Crippen LogP contribution in [0.4, 0.5) is 0 Å². The molecular weight excluding hydrogens is 286 g/mol. The highest BCUT2D eigenvalue weighted by Gasteiger charge is 2.11. The Hall–Kier alpha value is -3.11. The van der Waals surface area contributed by atoms with E-state index in [0.717, 1.165) is 16.7 Å². The van der Waals surface area contributed by atoms with Gasteiger partial charge in [0.05, 0.1) is 11.0 Å². The number of rotatable bonds is 2. The van der Waals surface area contributed by atoms with Crippen LogP contribution in [-0.4, -0.2) is 10.5 Å². The van der Waals surface area contributed by atoms with Crippen LogP contribution < -0.4 is 11.3 Å². The maximum atomic E-state index is 11.6. The average molecular weight is 301 g/mol. The zero-order valence-corrected chi connectivity index (χ0v) is 12.4. The number of amides is 1. The minimum atomic E-state index is -0.293. The van der Waals surface area contributed by atoms with Crippen LogP contribution in [0, 0.1) is 0 Å². The molecule has 4 heteroatoms. The zero-order chi connectivity index (χ0) is 15.8. The van der Waals surface area contributed by atoms with Crippen molar-refractivity contribution in [2.45, 2.75) is 0 Å². The highest BCUT2D eigenvalue weighted by molar-refractivity contribution is 6.09. The number of hydrogen-bond acceptors (Lipinski definition) is 2. The number of carbonyl (C=O) groups excluding carboxylic acids is 1. The van der Waals surface area contributed by atoms with Crippen molar-refractivity contribution in [3.63, 3.8) is 0 Å². The predicted octanol–water partition coefficient (Wildman–Crippen LogP) is 3.39. The number of carbonyl (C=O) groups is 1. The topological polar surface area (TPSA) is 60.0 Å². The van der Waals surface area contributed by atoms with Gasteiger partial charge in [0.1, 0.15) is 0 Å². The van der Waals surface area contributed by atoms with Gasteiger partial charge in [0.25, 0.3) is 5.91 Å². The molecule has 0 spiro atoms. The van der Waals surface area contributed by atoms with Crippen LogP contribution in [0.2, 0.25) is 0 Å². The summed E-state index contributed by atoms with van der Waals surface area (Å²) in [7, 11) is 0. The molecular formula is C19H15N3O. The van der Waals surface area contributed by atoms with Crippen LogP contribution in [0.15, 0.2) is 72.8 Å². The highest BCUT2D eigenvalue weighted by atomic mass is 16.2. The second-order valence-corrected chi connectivity index (χ2v) is 5.39. The van der Waals surface area contributed by atoms with E-state index in [4.69, 9.17) is 5.84 Å². The summed E-state index contributed by atoms with van der Waals surface area (Å²) in [6, 6.07) is 24.1. The Balaban J connectivity index is 1.98. The monoisotopic (exact) mass is 301 g/mol. The molecule has 112 valence electrons. The Labute approximate surface area is 133 Å². The van der Waals surface area contributed by atoms with Gasteiger partial charge in [-0.3, -0.25) is 10.2 Å². The lowest BCUT2D eigenvalue weighted by Crippen LogP contribution is -2.29. The first-order chi connectivity index (χ1) is 11.3. The number of nitrogens with two attached hydrogens (primary N) is 1. The van der Waals surface area contributed by atoms with Gasteiger partial charge >= 0.3 is 0 Å². The molecule has 0 aliphatic heterocycles. The van der Waals surface area contributed by atoms with Gasteiger partial charge in [-0.25, -0.2) is 5.84 Å². The first-order valence-electron chi connectivity index (χ1n) is 7.39. The number of hydrazine groups is 1. The number of nitrogens with zero attached hydrogens (tertiary/aromatic N) is 1. The summed E-state index contributed by atoms with van der Waals surface area (Å²) in [5, 5.41) is 2.43. The molecule has 4 rings (SSSR count). The van der Waals surface area contributed by atoms with E-state index in [1.807, 2.05) is 36.4 Å². The van der Waals surface area contributed by atoms with Crippen molar-refractivity contribution >= 4 is 27.7 Å². The van der Waals surface area contributed by atoms with Crippen molar-refractivity contribution in [2.75, 3.05) is 0 Å². The van der Waals surface area contributed by atoms with E-state index in [9.17, 15) is 4.79 Å². The summed E-state index contributed by atoms with van der Waals surface area (Å²) >= 11 is 0. The normalized spacial score (nSPS) is 11.0. The quantitative estimate of drug-likeness (QED) is 0.339. The third kappa shape index (κ3) is 2.08. The maximum Gasteiger partial charge on any atom is 0.265 e. The van der Waals surface area contributed by atoms with E-state index in [1.165, 1.54) is 10.8 Å². The van der Waals surface area contributed by atoms with Crippen LogP contribution in [-0.2, 0) is 0 Å². The van der Waals surface area contributed by atoms with E-state index in [2.05, 4.69) is 34.3 Å². The molecule has 3 N–H and O–H groups in total. The van der Waals surface area contributed by atoms with E-state index >= 15 is 0 Å². The molecule has 0 saturated heterocycles. The van der Waals surface area contributed by atoms with Gasteiger partial charge in [0, 0.05) is 22.0 Å². The smallest absolute Gasteiger partial charge is 0.265 e. The first kappa shape index (κ1) is 13.5. The van der Waals surface area contributed by atoms with Crippen molar-refractivity contribution in [3.8, 4) is 5.69 Å². The SMILES string of the molecule is NNC(=O)c1ccc(-n2c3ccccc3c3ccccc32)cc1. The summed E-state index contributed by atoms with van der Waals surface area (Å²) in [5.74, 6) is 4.89. The average Bonchev–Trinajstić information content (AvgIpc) is 2.96. The molecule has 0 unspecified atom stereocenters. The number of benzene rings is 3. The largest absolute Gasteiger partial charge is 0.309 e. The third-order valence-electron chi connectivity index (χ3n) is 4.10. The fourth-order valence-corrected chi connectivity index (χ4v) is 3.05.